The summed E-state index contributed by atoms with van der Waals surface area (Å²) in [5.74, 6) is 0.192. The zero-order chi connectivity index (χ0) is 16.4. The predicted molar refractivity (Wildman–Crippen MR) is 84.0 cm³/mol. The number of aryl methyl sites for hydroxylation is 1. The molecule has 0 bridgehead atoms. The van der Waals surface area contributed by atoms with Gasteiger partial charge in [0.25, 0.3) is 5.56 Å². The Morgan fingerprint density at radius 3 is 2.74 bits per heavy atom. The van der Waals surface area contributed by atoms with Crippen LogP contribution in [0.1, 0.15) is 21.1 Å². The highest BCUT2D eigenvalue weighted by Crippen LogP contribution is 2.15. The van der Waals surface area contributed by atoms with Gasteiger partial charge in [0.1, 0.15) is 12.4 Å². The fourth-order valence-electron chi connectivity index (χ4n) is 1.96. The van der Waals surface area contributed by atoms with Crippen molar-refractivity contribution in [1.29, 1.82) is 0 Å². The minimum Gasteiger partial charge on any atom is -0.497 e. The van der Waals surface area contributed by atoms with E-state index in [9.17, 15) is 9.59 Å². The molecule has 2 aromatic heterocycles. The zero-order valence-electron chi connectivity index (χ0n) is 12.5. The molecule has 0 radical (unpaired) electrons. The van der Waals surface area contributed by atoms with Crippen molar-refractivity contribution in [1.82, 2.24) is 14.6 Å². The van der Waals surface area contributed by atoms with E-state index in [0.717, 1.165) is 0 Å². The Bertz CT molecular complexity index is 915. The average molecular weight is 331 g/mol. The predicted octanol–water partition coefficient (Wildman–Crippen LogP) is 1.83. The van der Waals surface area contributed by atoms with Crippen LogP contribution in [0, 0.1) is 6.92 Å². The largest absolute Gasteiger partial charge is 0.497 e. The van der Waals surface area contributed by atoms with Crippen molar-refractivity contribution < 1.29 is 14.3 Å². The van der Waals surface area contributed by atoms with E-state index in [1.807, 2.05) is 0 Å². The van der Waals surface area contributed by atoms with E-state index in [1.54, 1.807) is 38.3 Å². The summed E-state index contributed by atoms with van der Waals surface area (Å²) >= 11 is 1.21. The molecule has 0 aliphatic rings. The molecular weight excluding hydrogens is 318 g/mol. The number of esters is 1. The Morgan fingerprint density at radius 1 is 1.30 bits per heavy atom. The van der Waals surface area contributed by atoms with Crippen LogP contribution in [-0.4, -0.2) is 27.7 Å². The molecular formula is C15H13N3O4S. The maximum absolute atomic E-state index is 12.0. The van der Waals surface area contributed by atoms with Crippen LogP contribution in [0.25, 0.3) is 4.96 Å². The van der Waals surface area contributed by atoms with E-state index in [4.69, 9.17) is 9.47 Å². The molecule has 0 unspecified atom stereocenters. The molecule has 3 aromatic rings. The summed E-state index contributed by atoms with van der Waals surface area (Å²) in [4.78, 5) is 28.5. The molecule has 23 heavy (non-hydrogen) atoms. The molecule has 118 valence electrons. The molecule has 0 aliphatic heterocycles. The summed E-state index contributed by atoms with van der Waals surface area (Å²) in [6.45, 7) is 1.72. The van der Waals surface area contributed by atoms with Gasteiger partial charge in [0.15, 0.2) is 5.01 Å². The third-order valence-electron chi connectivity index (χ3n) is 3.07. The Morgan fingerprint density at radius 2 is 2.04 bits per heavy atom. The third-order valence-corrected chi connectivity index (χ3v) is 3.95. The van der Waals surface area contributed by atoms with Gasteiger partial charge in [0.05, 0.1) is 12.7 Å². The van der Waals surface area contributed by atoms with E-state index in [2.05, 4.69) is 10.1 Å². The first kappa shape index (κ1) is 15.2. The molecule has 0 saturated carbocycles. The molecule has 0 aliphatic carbocycles. The fourth-order valence-corrected chi connectivity index (χ4v) is 2.81. The van der Waals surface area contributed by atoms with Crippen LogP contribution < -0.4 is 10.3 Å². The molecule has 0 N–H and O–H groups in total. The first-order valence-corrected chi connectivity index (χ1v) is 7.56. The van der Waals surface area contributed by atoms with Crippen molar-refractivity contribution >= 4 is 22.3 Å². The van der Waals surface area contributed by atoms with Crippen LogP contribution in [0.4, 0.5) is 0 Å². The van der Waals surface area contributed by atoms with Crippen molar-refractivity contribution in [3.05, 3.63) is 57.0 Å². The highest BCUT2D eigenvalue weighted by atomic mass is 32.1. The van der Waals surface area contributed by atoms with E-state index in [-0.39, 0.29) is 12.2 Å². The number of nitrogens with zero attached hydrogens (tertiary/aromatic N) is 3. The van der Waals surface area contributed by atoms with E-state index in [1.165, 1.54) is 21.9 Å². The number of benzene rings is 1. The number of fused-ring (bicyclic) bond motifs is 1. The highest BCUT2D eigenvalue weighted by molar-refractivity contribution is 7.16. The number of carbonyl (C=O) groups excluding carboxylic acids is 1. The Balaban J connectivity index is 1.73. The number of hydrogen-bond acceptors (Lipinski definition) is 7. The summed E-state index contributed by atoms with van der Waals surface area (Å²) in [6, 6.07) is 8.00. The van der Waals surface area contributed by atoms with Gasteiger partial charge < -0.3 is 9.47 Å². The second kappa shape index (κ2) is 6.17. The zero-order valence-corrected chi connectivity index (χ0v) is 13.3. The van der Waals surface area contributed by atoms with Crippen molar-refractivity contribution in [2.75, 3.05) is 7.11 Å². The maximum atomic E-state index is 12.0. The molecule has 0 saturated heterocycles. The van der Waals surface area contributed by atoms with E-state index >= 15 is 0 Å². The summed E-state index contributed by atoms with van der Waals surface area (Å²) in [6.07, 6.45) is 0. The molecule has 0 spiro atoms. The van der Waals surface area contributed by atoms with Crippen LogP contribution in [0.5, 0.6) is 5.75 Å². The monoisotopic (exact) mass is 331 g/mol. The summed E-state index contributed by atoms with van der Waals surface area (Å²) in [7, 11) is 1.55. The average Bonchev–Trinajstić information content (AvgIpc) is 2.96. The lowest BCUT2D eigenvalue weighted by atomic mass is 10.2. The van der Waals surface area contributed by atoms with Gasteiger partial charge in [0, 0.05) is 11.8 Å². The van der Waals surface area contributed by atoms with Crippen molar-refractivity contribution in [3.8, 4) is 5.75 Å². The fraction of sp³-hybridized carbons (Fsp3) is 0.200. The third kappa shape index (κ3) is 3.21. The topological polar surface area (TPSA) is 82.8 Å². The van der Waals surface area contributed by atoms with Crippen LogP contribution in [0.3, 0.4) is 0 Å². The standard InChI is InChI=1S/C15H13N3O4S/c1-9-7-13(19)18-15(16-9)23-12(17-18)8-22-14(20)10-3-5-11(21-2)6-4-10/h3-7H,8H2,1-2H3. The minimum atomic E-state index is -0.469. The van der Waals surface area contributed by atoms with Crippen LogP contribution in [-0.2, 0) is 11.3 Å². The Labute approximate surface area is 135 Å². The molecule has 3 rings (SSSR count). The van der Waals surface area contributed by atoms with Gasteiger partial charge in [-0.2, -0.15) is 9.61 Å². The molecule has 0 atom stereocenters. The number of ether oxygens (including phenoxy) is 2. The summed E-state index contributed by atoms with van der Waals surface area (Å²) in [5.41, 5.74) is 0.787. The number of rotatable bonds is 4. The van der Waals surface area contributed by atoms with E-state index < -0.39 is 5.97 Å². The summed E-state index contributed by atoms with van der Waals surface area (Å²) < 4.78 is 11.4. The molecule has 8 heteroatoms. The number of carbonyl (C=O) groups is 1. The van der Waals surface area contributed by atoms with Crippen molar-refractivity contribution in [2.24, 2.45) is 0 Å². The van der Waals surface area contributed by atoms with E-state index in [0.29, 0.717) is 27.0 Å². The Kier molecular flexibility index (Phi) is 4.07. The number of hydrogen-bond donors (Lipinski definition) is 0. The van der Waals surface area contributed by atoms with Crippen molar-refractivity contribution in [3.63, 3.8) is 0 Å². The van der Waals surface area contributed by atoms with Crippen molar-refractivity contribution in [2.45, 2.75) is 13.5 Å². The second-order valence-electron chi connectivity index (χ2n) is 4.73. The normalized spacial score (nSPS) is 10.7. The van der Waals surface area contributed by atoms with Crippen LogP contribution in [0.15, 0.2) is 35.1 Å². The number of aromatic nitrogens is 3. The van der Waals surface area contributed by atoms with Crippen LogP contribution in [0.2, 0.25) is 0 Å². The maximum Gasteiger partial charge on any atom is 0.338 e. The van der Waals surface area contributed by atoms with Gasteiger partial charge in [-0.3, -0.25) is 4.79 Å². The lowest BCUT2D eigenvalue weighted by Crippen LogP contribution is -2.14. The summed E-state index contributed by atoms with van der Waals surface area (Å²) in [5, 5.41) is 4.61. The molecule has 0 amide bonds. The lowest BCUT2D eigenvalue weighted by Gasteiger charge is -2.03. The molecule has 1 aromatic carbocycles. The first-order chi connectivity index (χ1) is 11.1. The molecule has 2 heterocycles. The Hall–Kier alpha value is -2.74. The number of methoxy groups -OCH3 is 1. The quantitative estimate of drug-likeness (QED) is 0.678. The lowest BCUT2D eigenvalue weighted by molar-refractivity contribution is 0.0471. The first-order valence-electron chi connectivity index (χ1n) is 6.74. The molecule has 0 fully saturated rings. The van der Waals surface area contributed by atoms with Gasteiger partial charge in [-0.15, -0.1) is 0 Å². The van der Waals surface area contributed by atoms with Gasteiger partial charge in [0.2, 0.25) is 4.96 Å². The van der Waals surface area contributed by atoms with Crippen LogP contribution >= 0.6 is 11.3 Å². The molecule has 7 nitrogen and oxygen atoms in total. The minimum absolute atomic E-state index is 0.0165. The SMILES string of the molecule is COc1ccc(C(=O)OCc2nn3c(=O)cc(C)nc3s2)cc1. The smallest absolute Gasteiger partial charge is 0.338 e. The van der Waals surface area contributed by atoms with Gasteiger partial charge in [-0.05, 0) is 31.2 Å². The second-order valence-corrected chi connectivity index (χ2v) is 5.77. The van der Waals surface area contributed by atoms with Gasteiger partial charge in [-0.1, -0.05) is 11.3 Å². The van der Waals surface area contributed by atoms with Gasteiger partial charge in [-0.25, -0.2) is 9.78 Å². The van der Waals surface area contributed by atoms with Gasteiger partial charge >= 0.3 is 5.97 Å². The highest BCUT2D eigenvalue weighted by Gasteiger charge is 2.11.